The molecule has 0 bridgehead atoms. The number of sulfonamides is 1. The minimum absolute atomic E-state index is 0.0479. The number of imidazole rings is 1. The van der Waals surface area contributed by atoms with E-state index in [0.29, 0.717) is 40.4 Å². The van der Waals surface area contributed by atoms with E-state index >= 15 is 0 Å². The maximum Gasteiger partial charge on any atom is 0.416 e. The first-order chi connectivity index (χ1) is 16.8. The second-order valence-corrected chi connectivity index (χ2v) is 9.54. The quantitative estimate of drug-likeness (QED) is 0.299. The molecule has 0 fully saturated rings. The van der Waals surface area contributed by atoms with Crippen LogP contribution in [0, 0.1) is 0 Å². The molecule has 5 nitrogen and oxygen atoms in total. The Morgan fingerprint density at radius 1 is 0.889 bits per heavy atom. The summed E-state index contributed by atoms with van der Waals surface area (Å²) < 4.78 is 106. The molecule has 0 spiro atoms. The normalized spacial score (nSPS) is 13.1. The molecule has 4 rings (SSSR count). The third kappa shape index (κ3) is 5.14. The van der Waals surface area contributed by atoms with E-state index in [2.05, 4.69) is 14.7 Å². The lowest BCUT2D eigenvalue weighted by molar-refractivity contribution is -0.141. The molecule has 2 N–H and O–H groups in total. The molecule has 0 aliphatic carbocycles. The van der Waals surface area contributed by atoms with Crippen LogP contribution in [0.15, 0.2) is 65.6 Å². The molecule has 0 saturated heterocycles. The Morgan fingerprint density at radius 3 is 2.28 bits per heavy atom. The Balaban J connectivity index is 1.74. The van der Waals surface area contributed by atoms with E-state index in [0.717, 1.165) is 12.2 Å². The largest absolute Gasteiger partial charge is 0.416 e. The number of benzene rings is 3. The highest BCUT2D eigenvalue weighted by Gasteiger charge is 2.36. The van der Waals surface area contributed by atoms with Crippen molar-refractivity contribution >= 4 is 33.2 Å². The van der Waals surface area contributed by atoms with Crippen molar-refractivity contribution in [1.82, 2.24) is 14.7 Å². The second kappa shape index (κ2) is 9.10. The fourth-order valence-corrected chi connectivity index (χ4v) is 4.58. The molecule has 0 radical (unpaired) electrons. The van der Waals surface area contributed by atoms with Gasteiger partial charge in [0.25, 0.3) is 0 Å². The van der Waals surface area contributed by atoms with E-state index in [1.165, 1.54) is 13.1 Å². The summed E-state index contributed by atoms with van der Waals surface area (Å²) in [6.45, 7) is 0. The van der Waals surface area contributed by atoms with E-state index in [1.807, 2.05) is 0 Å². The lowest BCUT2D eigenvalue weighted by Gasteiger charge is -2.13. The lowest BCUT2D eigenvalue weighted by atomic mass is 10.0. The van der Waals surface area contributed by atoms with Crippen molar-refractivity contribution in [3.63, 3.8) is 0 Å². The number of nitrogens with zero attached hydrogens (tertiary/aromatic N) is 1. The van der Waals surface area contributed by atoms with Gasteiger partial charge in [-0.05, 0) is 60.6 Å². The van der Waals surface area contributed by atoms with Crippen molar-refractivity contribution in [3.8, 4) is 11.1 Å². The summed E-state index contributed by atoms with van der Waals surface area (Å²) in [5, 5.41) is 0. The summed E-state index contributed by atoms with van der Waals surface area (Å²) >= 11 is 0. The van der Waals surface area contributed by atoms with Crippen LogP contribution in [0.25, 0.3) is 34.3 Å². The number of halogens is 6. The SMILES string of the molecule is CNS(=O)(=O)c1ccccc1-c1ccc2[nH]c(/C=C/c3cc(C(F)(F)F)ccc3C(F)(F)F)nc2c1. The monoisotopic (exact) mass is 525 g/mol. The maximum absolute atomic E-state index is 13.3. The minimum atomic E-state index is -4.85. The Kier molecular flexibility index (Phi) is 6.43. The van der Waals surface area contributed by atoms with Crippen molar-refractivity contribution < 1.29 is 34.8 Å². The van der Waals surface area contributed by atoms with Gasteiger partial charge in [0.15, 0.2) is 0 Å². The van der Waals surface area contributed by atoms with E-state index in [9.17, 15) is 34.8 Å². The van der Waals surface area contributed by atoms with E-state index < -0.39 is 39.1 Å². The smallest absolute Gasteiger partial charge is 0.338 e. The van der Waals surface area contributed by atoms with Crippen LogP contribution < -0.4 is 4.72 Å². The van der Waals surface area contributed by atoms with E-state index in [4.69, 9.17) is 0 Å². The second-order valence-electron chi connectivity index (χ2n) is 7.69. The molecule has 188 valence electrons. The number of hydrogen-bond acceptors (Lipinski definition) is 3. The average Bonchev–Trinajstić information content (AvgIpc) is 3.23. The van der Waals surface area contributed by atoms with Crippen molar-refractivity contribution in [2.75, 3.05) is 7.05 Å². The predicted octanol–water partition coefficient (Wildman–Crippen LogP) is 6.35. The number of rotatable bonds is 5. The van der Waals surface area contributed by atoms with Crippen LogP contribution in [0.5, 0.6) is 0 Å². The van der Waals surface area contributed by atoms with Crippen LogP contribution in [0.4, 0.5) is 26.3 Å². The maximum atomic E-state index is 13.3. The van der Waals surface area contributed by atoms with Crippen molar-refractivity contribution in [1.29, 1.82) is 0 Å². The molecule has 0 atom stereocenters. The van der Waals surface area contributed by atoms with Crippen molar-refractivity contribution in [2.45, 2.75) is 17.2 Å². The predicted molar refractivity (Wildman–Crippen MR) is 123 cm³/mol. The summed E-state index contributed by atoms with van der Waals surface area (Å²) in [6.07, 6.45) is -7.61. The number of alkyl halides is 6. The summed E-state index contributed by atoms with van der Waals surface area (Å²) in [4.78, 5) is 7.20. The molecule has 1 aromatic heterocycles. The van der Waals surface area contributed by atoms with Crippen LogP contribution in [0.2, 0.25) is 0 Å². The lowest BCUT2D eigenvalue weighted by Crippen LogP contribution is -2.19. The molecule has 4 aromatic rings. The summed E-state index contributed by atoms with van der Waals surface area (Å²) in [5.74, 6) is 0.101. The van der Waals surface area contributed by atoms with E-state index in [-0.39, 0.29) is 10.7 Å². The number of H-pyrrole nitrogens is 1. The molecule has 3 aromatic carbocycles. The molecule has 0 saturated carbocycles. The third-order valence-electron chi connectivity index (χ3n) is 5.36. The first-order valence-electron chi connectivity index (χ1n) is 10.3. The van der Waals surface area contributed by atoms with Gasteiger partial charge in [-0.25, -0.2) is 18.1 Å². The Labute approximate surface area is 201 Å². The van der Waals surface area contributed by atoms with Crippen LogP contribution in [-0.4, -0.2) is 25.4 Å². The van der Waals surface area contributed by atoms with Crippen LogP contribution in [0.3, 0.4) is 0 Å². The highest BCUT2D eigenvalue weighted by Crippen LogP contribution is 2.37. The molecule has 0 aliphatic rings. The number of aromatic amines is 1. The summed E-state index contributed by atoms with van der Waals surface area (Å²) in [7, 11) is -2.47. The van der Waals surface area contributed by atoms with Crippen LogP contribution in [0.1, 0.15) is 22.5 Å². The van der Waals surface area contributed by atoms with Crippen LogP contribution >= 0.6 is 0 Å². The Bertz CT molecular complexity index is 1570. The fraction of sp³-hybridized carbons (Fsp3) is 0.125. The third-order valence-corrected chi connectivity index (χ3v) is 6.84. The molecular weight excluding hydrogens is 508 g/mol. The van der Waals surface area contributed by atoms with Gasteiger partial charge in [0.1, 0.15) is 5.82 Å². The standard InChI is InChI=1S/C24H17F6N3O2S/c1-31-36(34,35)21-5-3-2-4-17(21)14-6-10-19-20(13-14)33-22(32-19)11-7-15-12-16(23(25,26)27)8-9-18(15)24(28,29)30/h2-13,31H,1H3,(H,32,33)/b11-7+. The molecule has 1 heterocycles. The molecule has 0 unspecified atom stereocenters. The zero-order valence-electron chi connectivity index (χ0n) is 18.4. The zero-order valence-corrected chi connectivity index (χ0v) is 19.2. The van der Waals surface area contributed by atoms with Gasteiger partial charge in [0, 0.05) is 5.56 Å². The van der Waals surface area contributed by atoms with Gasteiger partial charge in [-0.1, -0.05) is 30.3 Å². The minimum Gasteiger partial charge on any atom is -0.338 e. The Hall–Kier alpha value is -3.64. The fourth-order valence-electron chi connectivity index (χ4n) is 3.63. The van der Waals surface area contributed by atoms with E-state index in [1.54, 1.807) is 36.4 Å². The van der Waals surface area contributed by atoms with Gasteiger partial charge in [-0.2, -0.15) is 26.3 Å². The highest BCUT2D eigenvalue weighted by atomic mass is 32.2. The van der Waals surface area contributed by atoms with Gasteiger partial charge < -0.3 is 4.98 Å². The topological polar surface area (TPSA) is 74.8 Å². The van der Waals surface area contributed by atoms with Gasteiger partial charge in [0.2, 0.25) is 10.0 Å². The molecule has 0 aliphatic heterocycles. The zero-order chi connectivity index (χ0) is 26.3. The van der Waals surface area contributed by atoms with Crippen LogP contribution in [-0.2, 0) is 22.4 Å². The first-order valence-corrected chi connectivity index (χ1v) is 11.8. The Morgan fingerprint density at radius 2 is 1.61 bits per heavy atom. The summed E-state index contributed by atoms with van der Waals surface area (Å²) in [5.41, 5.74) is -1.28. The molecular formula is C24H17F6N3O2S. The van der Waals surface area contributed by atoms with Crippen molar-refractivity contribution in [3.05, 3.63) is 83.2 Å². The van der Waals surface area contributed by atoms with Gasteiger partial charge in [-0.3, -0.25) is 0 Å². The molecule has 36 heavy (non-hydrogen) atoms. The first kappa shape index (κ1) is 25.5. The van der Waals surface area contributed by atoms with Gasteiger partial charge in [-0.15, -0.1) is 0 Å². The summed E-state index contributed by atoms with van der Waals surface area (Å²) in [6, 6.07) is 12.4. The number of hydrogen-bond donors (Lipinski definition) is 2. The number of nitrogens with one attached hydrogen (secondary N) is 2. The molecule has 12 heteroatoms. The van der Waals surface area contributed by atoms with Gasteiger partial charge >= 0.3 is 12.4 Å². The number of aromatic nitrogens is 2. The average molecular weight is 525 g/mol. The van der Waals surface area contributed by atoms with Crippen molar-refractivity contribution in [2.24, 2.45) is 0 Å². The number of fused-ring (bicyclic) bond motifs is 1. The van der Waals surface area contributed by atoms with Gasteiger partial charge in [0.05, 0.1) is 27.1 Å². The highest BCUT2D eigenvalue weighted by molar-refractivity contribution is 7.89. The molecule has 0 amide bonds.